The molecule has 0 aliphatic carbocycles. The summed E-state index contributed by atoms with van der Waals surface area (Å²) in [5, 5.41) is 0. The molecule has 0 aliphatic heterocycles. The Morgan fingerprint density at radius 2 is 2.30 bits per heavy atom. The third-order valence-electron chi connectivity index (χ3n) is 0.916. The lowest BCUT2D eigenvalue weighted by atomic mass is 10.3. The summed E-state index contributed by atoms with van der Waals surface area (Å²) in [6, 6.07) is 0. The maximum Gasteiger partial charge on any atom is 0.303 e. The minimum Gasteiger partial charge on any atom is -0.454 e. The summed E-state index contributed by atoms with van der Waals surface area (Å²) >= 11 is 0. The molecule has 0 rings (SSSR count). The molecule has 2 heteroatoms. The van der Waals surface area contributed by atoms with Gasteiger partial charge in [-0.1, -0.05) is 12.7 Å². The minimum atomic E-state index is -0.289. The van der Waals surface area contributed by atoms with Crippen LogP contribution >= 0.6 is 0 Å². The summed E-state index contributed by atoms with van der Waals surface area (Å²) in [5.41, 5.74) is 0. The first-order valence-electron chi connectivity index (χ1n) is 3.13. The van der Waals surface area contributed by atoms with Crippen LogP contribution < -0.4 is 0 Å². The molecule has 56 valence electrons. The second-order valence-electron chi connectivity index (χ2n) is 1.84. The fourth-order valence-corrected chi connectivity index (χ4v) is 0.547. The van der Waals surface area contributed by atoms with Crippen LogP contribution in [0.1, 0.15) is 13.8 Å². The summed E-state index contributed by atoms with van der Waals surface area (Å²) in [4.78, 5) is 10.4. The van der Waals surface area contributed by atoms with Gasteiger partial charge in [-0.25, -0.2) is 0 Å². The van der Waals surface area contributed by atoms with Gasteiger partial charge in [-0.2, -0.15) is 0 Å². The van der Waals surface area contributed by atoms with Crippen LogP contribution in [-0.2, 0) is 9.53 Å². The van der Waals surface area contributed by atoms with E-state index in [1.54, 1.807) is 12.2 Å². The van der Waals surface area contributed by atoms with Crippen molar-refractivity contribution >= 4 is 5.97 Å². The topological polar surface area (TPSA) is 26.3 Å². The van der Waals surface area contributed by atoms with Gasteiger partial charge in [0.25, 0.3) is 0 Å². The van der Waals surface area contributed by atoms with E-state index in [1.807, 2.05) is 13.0 Å². The third kappa shape index (κ3) is 3.89. The fourth-order valence-electron chi connectivity index (χ4n) is 0.547. The van der Waals surface area contributed by atoms with E-state index in [2.05, 4.69) is 6.58 Å². The van der Waals surface area contributed by atoms with Gasteiger partial charge in [0, 0.05) is 6.92 Å². The molecular formula is C8H12O2. The lowest BCUT2D eigenvalue weighted by Gasteiger charge is -2.05. The summed E-state index contributed by atoms with van der Waals surface area (Å²) in [5.74, 6) is -0.289. The van der Waals surface area contributed by atoms with E-state index >= 15 is 0 Å². The molecule has 1 atom stereocenters. The molecule has 0 aliphatic rings. The van der Waals surface area contributed by atoms with E-state index in [1.165, 1.54) is 6.92 Å². The number of carbonyl (C=O) groups excluding carboxylic acids is 1. The quantitative estimate of drug-likeness (QED) is 0.440. The summed E-state index contributed by atoms with van der Waals surface area (Å²) in [6.07, 6.45) is 4.87. The van der Waals surface area contributed by atoms with Crippen LogP contribution in [0.2, 0.25) is 0 Å². The molecule has 0 saturated heterocycles. The number of carbonyl (C=O) groups is 1. The van der Waals surface area contributed by atoms with E-state index in [0.29, 0.717) is 0 Å². The maximum atomic E-state index is 10.4. The van der Waals surface area contributed by atoms with Crippen LogP contribution in [0, 0.1) is 0 Å². The number of ether oxygens (including phenoxy) is 1. The van der Waals surface area contributed by atoms with Gasteiger partial charge in [0.05, 0.1) is 0 Å². The van der Waals surface area contributed by atoms with E-state index in [0.717, 1.165) is 0 Å². The molecule has 1 unspecified atom stereocenters. The van der Waals surface area contributed by atoms with Crippen LogP contribution in [0.25, 0.3) is 0 Å². The van der Waals surface area contributed by atoms with E-state index in [4.69, 9.17) is 4.74 Å². The summed E-state index contributed by atoms with van der Waals surface area (Å²) in [7, 11) is 0. The van der Waals surface area contributed by atoms with Crippen molar-refractivity contribution in [3.8, 4) is 0 Å². The molecule has 0 heterocycles. The lowest BCUT2D eigenvalue weighted by Crippen LogP contribution is -2.09. The SMILES string of the molecule is C=CC(C=CC)OC(C)=O. The number of rotatable bonds is 3. The van der Waals surface area contributed by atoms with Crippen molar-refractivity contribution in [2.45, 2.75) is 20.0 Å². The Morgan fingerprint density at radius 1 is 1.70 bits per heavy atom. The van der Waals surface area contributed by atoms with Gasteiger partial charge in [-0.05, 0) is 19.1 Å². The van der Waals surface area contributed by atoms with Crippen LogP contribution in [0.4, 0.5) is 0 Å². The first-order chi connectivity index (χ1) is 4.70. The highest BCUT2D eigenvalue weighted by Gasteiger charge is 2.00. The van der Waals surface area contributed by atoms with Crippen molar-refractivity contribution in [3.63, 3.8) is 0 Å². The van der Waals surface area contributed by atoms with Crippen molar-refractivity contribution < 1.29 is 9.53 Å². The Hall–Kier alpha value is -1.05. The normalized spacial score (nSPS) is 13.0. The summed E-state index contributed by atoms with van der Waals surface area (Å²) < 4.78 is 4.80. The molecule has 2 nitrogen and oxygen atoms in total. The Morgan fingerprint density at radius 3 is 2.60 bits per heavy atom. The molecule has 0 bridgehead atoms. The highest BCUT2D eigenvalue weighted by Crippen LogP contribution is 1.95. The Kier molecular flexibility index (Phi) is 4.29. The number of esters is 1. The summed E-state index contributed by atoms with van der Waals surface area (Å²) in [6.45, 7) is 6.74. The van der Waals surface area contributed by atoms with Gasteiger partial charge in [0.1, 0.15) is 6.10 Å². The highest BCUT2D eigenvalue weighted by atomic mass is 16.5. The predicted molar refractivity (Wildman–Crippen MR) is 40.6 cm³/mol. The Balaban J connectivity index is 3.83. The van der Waals surface area contributed by atoms with Gasteiger partial charge in [-0.3, -0.25) is 4.79 Å². The van der Waals surface area contributed by atoms with E-state index < -0.39 is 0 Å². The first kappa shape index (κ1) is 8.95. The molecule has 0 spiro atoms. The molecule has 0 aromatic heterocycles. The van der Waals surface area contributed by atoms with Gasteiger partial charge in [0.2, 0.25) is 0 Å². The van der Waals surface area contributed by atoms with Gasteiger partial charge >= 0.3 is 5.97 Å². The second kappa shape index (κ2) is 4.79. The molecule has 0 saturated carbocycles. The van der Waals surface area contributed by atoms with Crippen molar-refractivity contribution in [3.05, 3.63) is 24.8 Å². The average Bonchev–Trinajstić information content (AvgIpc) is 1.86. The van der Waals surface area contributed by atoms with Crippen LogP contribution in [0.15, 0.2) is 24.8 Å². The monoisotopic (exact) mass is 140 g/mol. The molecule has 0 radical (unpaired) electrons. The minimum absolute atomic E-state index is 0.275. The molecule has 0 fully saturated rings. The molecule has 0 N–H and O–H groups in total. The molecule has 0 aromatic carbocycles. The van der Waals surface area contributed by atoms with Crippen molar-refractivity contribution in [1.82, 2.24) is 0 Å². The largest absolute Gasteiger partial charge is 0.454 e. The van der Waals surface area contributed by atoms with E-state index in [-0.39, 0.29) is 12.1 Å². The third-order valence-corrected chi connectivity index (χ3v) is 0.916. The zero-order chi connectivity index (χ0) is 7.98. The number of allylic oxidation sites excluding steroid dienone is 1. The molecular weight excluding hydrogens is 128 g/mol. The fraction of sp³-hybridized carbons (Fsp3) is 0.375. The number of hydrogen-bond acceptors (Lipinski definition) is 2. The van der Waals surface area contributed by atoms with Crippen molar-refractivity contribution in [2.24, 2.45) is 0 Å². The molecule has 0 aromatic rings. The zero-order valence-corrected chi connectivity index (χ0v) is 6.33. The number of hydrogen-bond donors (Lipinski definition) is 0. The standard InChI is InChI=1S/C8H12O2/c1-4-6-8(5-2)10-7(3)9/h4-6,8H,2H2,1,3H3. The average molecular weight is 140 g/mol. The van der Waals surface area contributed by atoms with Crippen LogP contribution in [0.5, 0.6) is 0 Å². The smallest absolute Gasteiger partial charge is 0.303 e. The van der Waals surface area contributed by atoms with Gasteiger partial charge < -0.3 is 4.74 Å². The van der Waals surface area contributed by atoms with Crippen molar-refractivity contribution in [2.75, 3.05) is 0 Å². The predicted octanol–water partition coefficient (Wildman–Crippen LogP) is 1.68. The first-order valence-corrected chi connectivity index (χ1v) is 3.13. The van der Waals surface area contributed by atoms with Crippen molar-refractivity contribution in [1.29, 1.82) is 0 Å². The maximum absolute atomic E-state index is 10.4. The Labute approximate surface area is 61.2 Å². The lowest BCUT2D eigenvalue weighted by molar-refractivity contribution is -0.142. The van der Waals surface area contributed by atoms with Crippen LogP contribution in [-0.4, -0.2) is 12.1 Å². The Bertz CT molecular complexity index is 147. The van der Waals surface area contributed by atoms with Gasteiger partial charge in [-0.15, -0.1) is 0 Å². The molecule has 0 amide bonds. The highest BCUT2D eigenvalue weighted by molar-refractivity contribution is 5.66. The second-order valence-corrected chi connectivity index (χ2v) is 1.84. The molecule has 10 heavy (non-hydrogen) atoms. The van der Waals surface area contributed by atoms with Crippen LogP contribution in [0.3, 0.4) is 0 Å². The van der Waals surface area contributed by atoms with Gasteiger partial charge in [0.15, 0.2) is 0 Å². The van der Waals surface area contributed by atoms with E-state index in [9.17, 15) is 4.79 Å². The zero-order valence-electron chi connectivity index (χ0n) is 6.33.